The monoisotopic (exact) mass is 504 g/mol. The number of aromatic nitrogens is 2. The number of fused-ring (bicyclic) bond motifs is 1. The number of piperazine rings is 1. The summed E-state index contributed by atoms with van der Waals surface area (Å²) in [5.74, 6) is -0.237. The van der Waals surface area contributed by atoms with Crippen LogP contribution >= 0.6 is 11.7 Å². The van der Waals surface area contributed by atoms with E-state index in [-0.39, 0.29) is 22.5 Å². The zero-order chi connectivity index (χ0) is 23.8. The fraction of sp³-hybridized carbons (Fsp3) is 0.429. The number of benzene rings is 1. The Hall–Kier alpha value is -2.87. The predicted molar refractivity (Wildman–Crippen MR) is 124 cm³/mol. The van der Waals surface area contributed by atoms with E-state index in [0.29, 0.717) is 63.1 Å². The van der Waals surface area contributed by atoms with Crippen molar-refractivity contribution in [3.05, 3.63) is 42.4 Å². The van der Waals surface area contributed by atoms with Crippen molar-refractivity contribution in [2.45, 2.75) is 23.3 Å². The minimum Gasteiger partial charge on any atom is -0.459 e. The van der Waals surface area contributed by atoms with Gasteiger partial charge in [0.05, 0.1) is 18.0 Å². The number of amides is 2. The van der Waals surface area contributed by atoms with Crippen LogP contribution < -0.4 is 10.0 Å². The Morgan fingerprint density at radius 2 is 1.76 bits per heavy atom. The first kappa shape index (κ1) is 22.9. The number of sulfonamides is 1. The molecule has 2 aromatic heterocycles. The van der Waals surface area contributed by atoms with E-state index in [2.05, 4.69) is 18.8 Å². The molecule has 2 aliphatic heterocycles. The summed E-state index contributed by atoms with van der Waals surface area (Å²) in [5, 5.41) is 3.20. The lowest BCUT2D eigenvalue weighted by Crippen LogP contribution is -2.65. The molecular formula is C21H24N6O5S2. The molecule has 0 bridgehead atoms. The van der Waals surface area contributed by atoms with Gasteiger partial charge in [-0.15, -0.1) is 0 Å². The number of rotatable bonds is 5. The molecule has 3 aromatic rings. The molecule has 2 aliphatic rings. The molecule has 2 N–H and O–H groups in total. The van der Waals surface area contributed by atoms with Crippen LogP contribution in [0.25, 0.3) is 11.0 Å². The van der Waals surface area contributed by atoms with Crippen LogP contribution in [-0.2, 0) is 14.8 Å². The first-order chi connectivity index (χ1) is 16.4. The van der Waals surface area contributed by atoms with E-state index >= 15 is 0 Å². The van der Waals surface area contributed by atoms with Gasteiger partial charge in [0.1, 0.15) is 21.5 Å². The molecule has 11 nitrogen and oxygen atoms in total. The van der Waals surface area contributed by atoms with Crippen LogP contribution in [-0.4, -0.2) is 83.6 Å². The molecule has 2 saturated heterocycles. The summed E-state index contributed by atoms with van der Waals surface area (Å²) >= 11 is 0.943. The third-order valence-electron chi connectivity index (χ3n) is 6.32. The molecule has 0 atom stereocenters. The Bertz CT molecular complexity index is 1290. The highest BCUT2D eigenvalue weighted by molar-refractivity contribution is 7.89. The highest BCUT2D eigenvalue weighted by atomic mass is 32.2. The standard InChI is InChI=1S/C21H24N6O5S2/c28-19(16-4-2-14-32-16)26-10-12-27(13-11-26)20(29)21(6-8-22-9-7-21)25-34(30,31)17-5-1-3-15-18(17)24-33-23-15/h1-5,14,22,25H,6-13H2. The van der Waals surface area contributed by atoms with Crippen LogP contribution in [0, 0.1) is 0 Å². The molecular weight excluding hydrogens is 480 g/mol. The fourth-order valence-electron chi connectivity index (χ4n) is 4.49. The third-order valence-corrected chi connectivity index (χ3v) is 8.43. The summed E-state index contributed by atoms with van der Waals surface area (Å²) in [6, 6.07) is 8.06. The average Bonchev–Trinajstić information content (AvgIpc) is 3.55. The first-order valence-corrected chi connectivity index (χ1v) is 13.2. The largest absolute Gasteiger partial charge is 0.459 e. The molecule has 0 saturated carbocycles. The lowest BCUT2D eigenvalue weighted by atomic mass is 9.87. The molecule has 34 heavy (non-hydrogen) atoms. The Morgan fingerprint density at radius 1 is 1.03 bits per heavy atom. The number of hydrogen-bond donors (Lipinski definition) is 2. The minimum atomic E-state index is -4.05. The van der Waals surface area contributed by atoms with E-state index in [9.17, 15) is 18.0 Å². The molecule has 4 heterocycles. The summed E-state index contributed by atoms with van der Waals surface area (Å²) in [5.41, 5.74) is -0.486. The van der Waals surface area contributed by atoms with Gasteiger partial charge in [0.25, 0.3) is 5.91 Å². The Balaban J connectivity index is 1.36. The molecule has 2 amide bonds. The van der Waals surface area contributed by atoms with Gasteiger partial charge in [0.15, 0.2) is 5.76 Å². The summed E-state index contributed by atoms with van der Waals surface area (Å²) in [6.07, 6.45) is 2.09. The molecule has 2 fully saturated rings. The van der Waals surface area contributed by atoms with E-state index in [1.165, 1.54) is 12.3 Å². The predicted octanol–water partition coefficient (Wildman–Crippen LogP) is 0.669. The number of nitrogens with one attached hydrogen (secondary N) is 2. The van der Waals surface area contributed by atoms with Crippen molar-refractivity contribution in [1.82, 2.24) is 28.6 Å². The smallest absolute Gasteiger partial charge is 0.289 e. The maximum atomic E-state index is 13.7. The van der Waals surface area contributed by atoms with Gasteiger partial charge in [-0.2, -0.15) is 13.5 Å². The molecule has 0 aliphatic carbocycles. The number of piperidine rings is 1. The van der Waals surface area contributed by atoms with Gasteiger partial charge in [0, 0.05) is 26.2 Å². The van der Waals surface area contributed by atoms with E-state index in [1.54, 1.807) is 34.1 Å². The zero-order valence-corrected chi connectivity index (χ0v) is 19.9. The number of carbonyl (C=O) groups is 2. The van der Waals surface area contributed by atoms with Crippen LogP contribution in [0.3, 0.4) is 0 Å². The summed E-state index contributed by atoms with van der Waals surface area (Å²) in [6.45, 7) is 2.33. The molecule has 180 valence electrons. The van der Waals surface area contributed by atoms with Gasteiger partial charge in [-0.25, -0.2) is 8.42 Å². The third kappa shape index (κ3) is 4.19. The van der Waals surface area contributed by atoms with Crippen LogP contribution in [0.5, 0.6) is 0 Å². The lowest BCUT2D eigenvalue weighted by molar-refractivity contribution is -0.140. The SMILES string of the molecule is O=C(c1ccco1)N1CCN(C(=O)C2(NS(=O)(=O)c3cccc4nsnc34)CCNCC2)CC1. The van der Waals surface area contributed by atoms with Crippen molar-refractivity contribution in [2.75, 3.05) is 39.3 Å². The number of furan rings is 1. The molecule has 0 unspecified atom stereocenters. The molecule has 1 aromatic carbocycles. The van der Waals surface area contributed by atoms with E-state index < -0.39 is 15.6 Å². The van der Waals surface area contributed by atoms with Gasteiger partial charge >= 0.3 is 0 Å². The van der Waals surface area contributed by atoms with E-state index in [0.717, 1.165) is 11.7 Å². The van der Waals surface area contributed by atoms with Gasteiger partial charge in [-0.05, 0) is 50.2 Å². The quantitative estimate of drug-likeness (QED) is 0.517. The second-order valence-electron chi connectivity index (χ2n) is 8.39. The molecule has 5 rings (SSSR count). The van der Waals surface area contributed by atoms with Crippen molar-refractivity contribution in [1.29, 1.82) is 0 Å². The van der Waals surface area contributed by atoms with Crippen molar-refractivity contribution in [3.8, 4) is 0 Å². The van der Waals surface area contributed by atoms with Gasteiger partial charge < -0.3 is 19.5 Å². The molecule has 13 heteroatoms. The van der Waals surface area contributed by atoms with Crippen molar-refractivity contribution in [2.24, 2.45) is 0 Å². The lowest BCUT2D eigenvalue weighted by Gasteiger charge is -2.43. The summed E-state index contributed by atoms with van der Waals surface area (Å²) in [7, 11) is -4.05. The second kappa shape index (κ2) is 9.06. The number of carbonyl (C=O) groups excluding carboxylic acids is 2. The maximum absolute atomic E-state index is 13.7. The van der Waals surface area contributed by atoms with E-state index in [4.69, 9.17) is 4.42 Å². The van der Waals surface area contributed by atoms with E-state index in [1.807, 2.05) is 0 Å². The normalized spacial score (nSPS) is 18.8. The van der Waals surface area contributed by atoms with Crippen molar-refractivity contribution in [3.63, 3.8) is 0 Å². The Kier molecular flexibility index (Phi) is 6.10. The van der Waals surface area contributed by atoms with Crippen LogP contribution in [0.15, 0.2) is 45.9 Å². The highest BCUT2D eigenvalue weighted by Crippen LogP contribution is 2.28. The minimum absolute atomic E-state index is 0.0123. The number of hydrogen-bond acceptors (Lipinski definition) is 9. The van der Waals surface area contributed by atoms with Gasteiger partial charge in [0.2, 0.25) is 15.9 Å². The number of nitrogens with zero attached hydrogens (tertiary/aromatic N) is 4. The van der Waals surface area contributed by atoms with Crippen LogP contribution in [0.1, 0.15) is 23.4 Å². The van der Waals surface area contributed by atoms with Crippen molar-refractivity contribution >= 4 is 44.6 Å². The fourth-order valence-corrected chi connectivity index (χ4v) is 6.68. The maximum Gasteiger partial charge on any atom is 0.289 e. The second-order valence-corrected chi connectivity index (χ2v) is 10.6. The zero-order valence-electron chi connectivity index (χ0n) is 18.3. The van der Waals surface area contributed by atoms with Gasteiger partial charge in [-0.3, -0.25) is 9.59 Å². The first-order valence-electron chi connectivity index (χ1n) is 11.0. The van der Waals surface area contributed by atoms with Crippen LogP contribution in [0.2, 0.25) is 0 Å². The molecule has 0 radical (unpaired) electrons. The average molecular weight is 505 g/mol. The van der Waals surface area contributed by atoms with Gasteiger partial charge in [-0.1, -0.05) is 6.07 Å². The highest BCUT2D eigenvalue weighted by Gasteiger charge is 2.46. The van der Waals surface area contributed by atoms with Crippen molar-refractivity contribution < 1.29 is 22.4 Å². The Labute approximate surface area is 200 Å². The summed E-state index contributed by atoms with van der Waals surface area (Å²) in [4.78, 5) is 29.6. The topological polar surface area (TPSA) is 138 Å². The Morgan fingerprint density at radius 3 is 2.47 bits per heavy atom. The van der Waals surface area contributed by atoms with Crippen LogP contribution in [0.4, 0.5) is 0 Å². The summed E-state index contributed by atoms with van der Waals surface area (Å²) < 4.78 is 43.1. The molecule has 0 spiro atoms.